The van der Waals surface area contributed by atoms with Gasteiger partial charge in [-0.1, -0.05) is 17.7 Å². The maximum atomic E-state index is 13.5. The number of nitro groups is 1. The molecule has 0 bridgehead atoms. The van der Waals surface area contributed by atoms with Crippen molar-refractivity contribution in [2.24, 2.45) is 0 Å². The molecule has 0 aliphatic rings. The average molecular weight is 283 g/mol. The van der Waals surface area contributed by atoms with Gasteiger partial charge in [0.25, 0.3) is 5.69 Å². The van der Waals surface area contributed by atoms with E-state index < -0.39 is 10.7 Å². The van der Waals surface area contributed by atoms with Gasteiger partial charge in [-0.05, 0) is 12.1 Å². The molecule has 1 aromatic carbocycles. The number of nitrogens with zero attached hydrogens (tertiary/aromatic N) is 2. The first-order valence-electron chi connectivity index (χ1n) is 5.24. The van der Waals surface area contributed by atoms with Gasteiger partial charge in [0, 0.05) is 17.8 Å². The first-order chi connectivity index (χ1) is 9.08. The summed E-state index contributed by atoms with van der Waals surface area (Å²) in [5.41, 5.74) is 0.270. The SMILES string of the molecule is O=[N+]([O-])c1ccc(OCc2cccnc2Cl)c(F)c1. The third kappa shape index (κ3) is 3.17. The third-order valence-corrected chi connectivity index (χ3v) is 2.69. The van der Waals surface area contributed by atoms with E-state index in [0.29, 0.717) is 5.56 Å². The molecule has 0 saturated heterocycles. The molecule has 5 nitrogen and oxygen atoms in total. The second kappa shape index (κ2) is 5.62. The number of hydrogen-bond donors (Lipinski definition) is 0. The lowest BCUT2D eigenvalue weighted by Gasteiger charge is -2.07. The van der Waals surface area contributed by atoms with E-state index in [9.17, 15) is 14.5 Å². The van der Waals surface area contributed by atoms with Crippen LogP contribution in [0.3, 0.4) is 0 Å². The molecule has 19 heavy (non-hydrogen) atoms. The number of non-ortho nitro benzene ring substituents is 1. The Bertz CT molecular complexity index is 622. The van der Waals surface area contributed by atoms with E-state index in [4.69, 9.17) is 16.3 Å². The van der Waals surface area contributed by atoms with Gasteiger partial charge < -0.3 is 4.74 Å². The maximum Gasteiger partial charge on any atom is 0.272 e. The summed E-state index contributed by atoms with van der Waals surface area (Å²) in [5.74, 6) is -0.875. The Morgan fingerprint density at radius 2 is 2.21 bits per heavy atom. The van der Waals surface area contributed by atoms with Crippen molar-refractivity contribution in [3.8, 4) is 5.75 Å². The van der Waals surface area contributed by atoms with Crippen LogP contribution < -0.4 is 4.74 Å². The highest BCUT2D eigenvalue weighted by molar-refractivity contribution is 6.30. The van der Waals surface area contributed by atoms with Crippen LogP contribution in [0.15, 0.2) is 36.5 Å². The zero-order valence-corrected chi connectivity index (χ0v) is 10.3. The molecule has 2 rings (SSSR count). The molecular weight excluding hydrogens is 275 g/mol. The molecule has 1 aromatic heterocycles. The lowest BCUT2D eigenvalue weighted by molar-refractivity contribution is -0.385. The van der Waals surface area contributed by atoms with Gasteiger partial charge in [-0.2, -0.15) is 0 Å². The number of benzene rings is 1. The van der Waals surface area contributed by atoms with Gasteiger partial charge in [-0.15, -0.1) is 0 Å². The predicted molar refractivity (Wildman–Crippen MR) is 66.6 cm³/mol. The fraction of sp³-hybridized carbons (Fsp3) is 0.0833. The number of rotatable bonds is 4. The van der Waals surface area contributed by atoms with Crippen molar-refractivity contribution >= 4 is 17.3 Å². The van der Waals surface area contributed by atoms with Crippen LogP contribution in [-0.2, 0) is 6.61 Å². The molecule has 0 aliphatic heterocycles. The van der Waals surface area contributed by atoms with E-state index in [1.54, 1.807) is 12.1 Å². The van der Waals surface area contributed by atoms with Crippen LogP contribution in [0.25, 0.3) is 0 Å². The van der Waals surface area contributed by atoms with Gasteiger partial charge in [-0.3, -0.25) is 10.1 Å². The standard InChI is InChI=1S/C12H8ClFN2O3/c13-12-8(2-1-5-15-12)7-19-11-4-3-9(16(17)18)6-10(11)14/h1-6H,7H2. The van der Waals surface area contributed by atoms with Crippen LogP contribution in [0.5, 0.6) is 5.75 Å². The second-order valence-electron chi connectivity index (χ2n) is 3.61. The highest BCUT2D eigenvalue weighted by Crippen LogP contribution is 2.24. The molecule has 0 radical (unpaired) electrons. The summed E-state index contributed by atoms with van der Waals surface area (Å²) in [4.78, 5) is 13.6. The minimum atomic E-state index is -0.797. The van der Waals surface area contributed by atoms with Gasteiger partial charge in [0.15, 0.2) is 11.6 Å². The molecule has 0 atom stereocenters. The van der Waals surface area contributed by atoms with E-state index in [-0.39, 0.29) is 23.2 Å². The Hall–Kier alpha value is -2.21. The summed E-state index contributed by atoms with van der Waals surface area (Å²) >= 11 is 5.82. The summed E-state index contributed by atoms with van der Waals surface area (Å²) in [5, 5.41) is 10.7. The largest absolute Gasteiger partial charge is 0.486 e. The molecule has 0 spiro atoms. The second-order valence-corrected chi connectivity index (χ2v) is 3.97. The van der Waals surface area contributed by atoms with Crippen LogP contribution in [0, 0.1) is 15.9 Å². The summed E-state index contributed by atoms with van der Waals surface area (Å²) in [6.45, 7) is 0.0292. The molecular formula is C12H8ClFN2O3. The Balaban J connectivity index is 2.12. The third-order valence-electron chi connectivity index (χ3n) is 2.35. The van der Waals surface area contributed by atoms with Crippen LogP contribution >= 0.6 is 11.6 Å². The predicted octanol–water partition coefficient (Wildman–Crippen LogP) is 3.36. The molecule has 0 unspecified atom stereocenters. The molecule has 7 heteroatoms. The lowest BCUT2D eigenvalue weighted by atomic mass is 10.3. The highest BCUT2D eigenvalue weighted by atomic mass is 35.5. The van der Waals surface area contributed by atoms with Gasteiger partial charge in [0.2, 0.25) is 0 Å². The van der Waals surface area contributed by atoms with E-state index >= 15 is 0 Å². The number of pyridine rings is 1. The molecule has 1 heterocycles. The Morgan fingerprint density at radius 3 is 2.84 bits per heavy atom. The molecule has 0 amide bonds. The fourth-order valence-corrected chi connectivity index (χ4v) is 1.58. The van der Waals surface area contributed by atoms with Gasteiger partial charge in [-0.25, -0.2) is 9.37 Å². The summed E-state index contributed by atoms with van der Waals surface area (Å²) in [6, 6.07) is 6.55. The van der Waals surface area contributed by atoms with Gasteiger partial charge in [0.1, 0.15) is 11.8 Å². The summed E-state index contributed by atoms with van der Waals surface area (Å²) in [7, 11) is 0. The zero-order chi connectivity index (χ0) is 13.8. The van der Waals surface area contributed by atoms with Crippen molar-refractivity contribution < 1.29 is 14.1 Å². The number of ether oxygens (including phenoxy) is 1. The Kier molecular flexibility index (Phi) is 3.91. The van der Waals surface area contributed by atoms with Crippen molar-refractivity contribution in [3.63, 3.8) is 0 Å². The first kappa shape index (κ1) is 13.2. The topological polar surface area (TPSA) is 65.3 Å². The normalized spacial score (nSPS) is 10.2. The van der Waals surface area contributed by atoms with Crippen molar-refractivity contribution in [3.05, 3.63) is 63.2 Å². The molecule has 2 aromatic rings. The number of hydrogen-bond acceptors (Lipinski definition) is 4. The first-order valence-corrected chi connectivity index (χ1v) is 5.62. The van der Waals surface area contributed by atoms with Gasteiger partial charge in [0.05, 0.1) is 11.0 Å². The van der Waals surface area contributed by atoms with E-state index in [1.165, 1.54) is 18.3 Å². The zero-order valence-electron chi connectivity index (χ0n) is 9.55. The minimum Gasteiger partial charge on any atom is -0.486 e. The quantitative estimate of drug-likeness (QED) is 0.490. The highest BCUT2D eigenvalue weighted by Gasteiger charge is 2.12. The smallest absolute Gasteiger partial charge is 0.272 e. The summed E-state index contributed by atoms with van der Waals surface area (Å²) in [6.07, 6.45) is 1.53. The van der Waals surface area contributed by atoms with Crippen molar-refractivity contribution in [1.82, 2.24) is 4.98 Å². The Morgan fingerprint density at radius 1 is 1.42 bits per heavy atom. The van der Waals surface area contributed by atoms with Crippen LogP contribution in [-0.4, -0.2) is 9.91 Å². The molecule has 0 aliphatic carbocycles. The van der Waals surface area contributed by atoms with Crippen molar-refractivity contribution in [1.29, 1.82) is 0 Å². The van der Waals surface area contributed by atoms with Crippen LogP contribution in [0.1, 0.15) is 5.56 Å². The average Bonchev–Trinajstić information content (AvgIpc) is 2.39. The van der Waals surface area contributed by atoms with Gasteiger partial charge >= 0.3 is 0 Å². The molecule has 0 N–H and O–H groups in total. The van der Waals surface area contributed by atoms with Crippen molar-refractivity contribution in [2.75, 3.05) is 0 Å². The summed E-state index contributed by atoms with van der Waals surface area (Å²) < 4.78 is 18.8. The van der Waals surface area contributed by atoms with E-state index in [0.717, 1.165) is 6.07 Å². The van der Waals surface area contributed by atoms with Crippen LogP contribution in [0.4, 0.5) is 10.1 Å². The Labute approximate surface area is 112 Å². The monoisotopic (exact) mass is 282 g/mol. The molecule has 98 valence electrons. The lowest BCUT2D eigenvalue weighted by Crippen LogP contribution is -1.99. The molecule has 0 saturated carbocycles. The van der Waals surface area contributed by atoms with Crippen molar-refractivity contribution in [2.45, 2.75) is 6.61 Å². The van der Waals surface area contributed by atoms with E-state index in [2.05, 4.69) is 4.98 Å². The number of nitro benzene ring substituents is 1. The molecule has 0 fully saturated rings. The number of halogens is 2. The number of aromatic nitrogens is 1. The van der Waals surface area contributed by atoms with E-state index in [1.807, 2.05) is 0 Å². The fourth-order valence-electron chi connectivity index (χ4n) is 1.40. The maximum absolute atomic E-state index is 13.5. The van der Waals surface area contributed by atoms with Crippen LogP contribution in [0.2, 0.25) is 5.15 Å². The minimum absolute atomic E-state index is 0.0292.